The van der Waals surface area contributed by atoms with Crippen molar-refractivity contribution in [2.45, 2.75) is 50.9 Å². The molecule has 1 saturated carbocycles. The largest absolute Gasteiger partial charge is 0.488 e. The number of carbonyl (C=O) groups is 1. The Kier molecular flexibility index (Phi) is 6.58. The first kappa shape index (κ1) is 19.5. The molecule has 6 heteroatoms. The first-order chi connectivity index (χ1) is 13.0. The van der Waals surface area contributed by atoms with Crippen LogP contribution in [-0.2, 0) is 4.79 Å². The van der Waals surface area contributed by atoms with Gasteiger partial charge in [0.05, 0.1) is 6.10 Å². The van der Waals surface area contributed by atoms with Crippen LogP contribution in [0.1, 0.15) is 32.6 Å². The number of aliphatic hydroxyl groups is 1. The van der Waals surface area contributed by atoms with Gasteiger partial charge < -0.3 is 19.9 Å². The molecule has 5 nitrogen and oxygen atoms in total. The van der Waals surface area contributed by atoms with Crippen LogP contribution in [0.4, 0.5) is 5.69 Å². The molecule has 0 radical (unpaired) electrons. The van der Waals surface area contributed by atoms with E-state index < -0.39 is 12.2 Å². The SMILES string of the molecule is CC(Oc1ccc(Cl)cc1)C(=O)Nc1ccc(OC2CCCCC2O)cc1. The van der Waals surface area contributed by atoms with Crippen molar-refractivity contribution in [1.82, 2.24) is 0 Å². The Morgan fingerprint density at radius 2 is 1.70 bits per heavy atom. The second-order valence-electron chi connectivity index (χ2n) is 6.74. The molecule has 0 saturated heterocycles. The Hall–Kier alpha value is -2.24. The minimum absolute atomic E-state index is 0.160. The van der Waals surface area contributed by atoms with Crippen molar-refractivity contribution in [2.75, 3.05) is 5.32 Å². The Labute approximate surface area is 164 Å². The van der Waals surface area contributed by atoms with Gasteiger partial charge in [-0.15, -0.1) is 0 Å². The summed E-state index contributed by atoms with van der Waals surface area (Å²) < 4.78 is 11.5. The lowest BCUT2D eigenvalue weighted by molar-refractivity contribution is -0.122. The third-order valence-corrected chi connectivity index (χ3v) is 4.82. The molecule has 1 fully saturated rings. The van der Waals surface area contributed by atoms with Gasteiger partial charge in [-0.1, -0.05) is 18.0 Å². The molecule has 1 amide bonds. The van der Waals surface area contributed by atoms with E-state index in [0.29, 0.717) is 22.2 Å². The van der Waals surface area contributed by atoms with Gasteiger partial charge in [-0.3, -0.25) is 4.79 Å². The maximum Gasteiger partial charge on any atom is 0.265 e. The van der Waals surface area contributed by atoms with E-state index in [4.69, 9.17) is 21.1 Å². The maximum absolute atomic E-state index is 12.3. The number of ether oxygens (including phenoxy) is 2. The van der Waals surface area contributed by atoms with Gasteiger partial charge in [0.15, 0.2) is 6.10 Å². The average molecular weight is 390 g/mol. The molecule has 3 rings (SSSR count). The van der Waals surface area contributed by atoms with Gasteiger partial charge in [0.2, 0.25) is 0 Å². The molecule has 0 aromatic heterocycles. The van der Waals surface area contributed by atoms with Gasteiger partial charge in [-0.2, -0.15) is 0 Å². The minimum atomic E-state index is -0.653. The predicted molar refractivity (Wildman–Crippen MR) is 106 cm³/mol. The second-order valence-corrected chi connectivity index (χ2v) is 7.17. The molecular formula is C21H24ClNO4. The molecular weight excluding hydrogens is 366 g/mol. The molecule has 0 aliphatic heterocycles. The highest BCUT2D eigenvalue weighted by Gasteiger charge is 2.24. The van der Waals surface area contributed by atoms with Crippen molar-refractivity contribution < 1.29 is 19.4 Å². The van der Waals surface area contributed by atoms with Crippen molar-refractivity contribution >= 4 is 23.2 Å². The number of halogens is 1. The average Bonchev–Trinajstić information content (AvgIpc) is 2.67. The van der Waals surface area contributed by atoms with E-state index in [-0.39, 0.29) is 12.0 Å². The quantitative estimate of drug-likeness (QED) is 0.767. The Morgan fingerprint density at radius 3 is 2.37 bits per heavy atom. The van der Waals surface area contributed by atoms with E-state index in [1.54, 1.807) is 55.5 Å². The van der Waals surface area contributed by atoms with E-state index in [0.717, 1.165) is 25.7 Å². The van der Waals surface area contributed by atoms with Crippen LogP contribution in [0.2, 0.25) is 5.02 Å². The first-order valence-corrected chi connectivity index (χ1v) is 9.57. The third kappa shape index (κ3) is 5.62. The fourth-order valence-electron chi connectivity index (χ4n) is 3.02. The minimum Gasteiger partial charge on any atom is -0.488 e. The molecule has 3 atom stereocenters. The van der Waals surface area contributed by atoms with Crippen LogP contribution in [0.5, 0.6) is 11.5 Å². The van der Waals surface area contributed by atoms with E-state index >= 15 is 0 Å². The van der Waals surface area contributed by atoms with Gasteiger partial charge >= 0.3 is 0 Å². The van der Waals surface area contributed by atoms with Crippen molar-refractivity contribution in [3.05, 3.63) is 53.6 Å². The Bertz CT molecular complexity index is 748. The van der Waals surface area contributed by atoms with Crippen molar-refractivity contribution in [1.29, 1.82) is 0 Å². The van der Waals surface area contributed by atoms with E-state index in [9.17, 15) is 9.90 Å². The number of aliphatic hydroxyl groups excluding tert-OH is 1. The number of nitrogens with one attached hydrogen (secondary N) is 1. The molecule has 2 N–H and O–H groups in total. The summed E-state index contributed by atoms with van der Waals surface area (Å²) in [5.74, 6) is 1.02. The van der Waals surface area contributed by atoms with Gasteiger partial charge in [-0.05, 0) is 74.7 Å². The fourth-order valence-corrected chi connectivity index (χ4v) is 3.15. The van der Waals surface area contributed by atoms with Crippen molar-refractivity contribution in [3.8, 4) is 11.5 Å². The van der Waals surface area contributed by atoms with Gasteiger partial charge in [-0.25, -0.2) is 0 Å². The molecule has 2 aromatic carbocycles. The van der Waals surface area contributed by atoms with Crippen LogP contribution < -0.4 is 14.8 Å². The zero-order valence-electron chi connectivity index (χ0n) is 15.2. The zero-order valence-corrected chi connectivity index (χ0v) is 16.0. The van der Waals surface area contributed by atoms with Gasteiger partial charge in [0.1, 0.15) is 17.6 Å². The van der Waals surface area contributed by atoms with Crippen LogP contribution in [-0.4, -0.2) is 29.3 Å². The highest BCUT2D eigenvalue weighted by atomic mass is 35.5. The van der Waals surface area contributed by atoms with Crippen LogP contribution in [0, 0.1) is 0 Å². The second kappa shape index (κ2) is 9.11. The van der Waals surface area contributed by atoms with Gasteiger partial charge in [0, 0.05) is 10.7 Å². The Morgan fingerprint density at radius 1 is 1.07 bits per heavy atom. The molecule has 3 unspecified atom stereocenters. The van der Waals surface area contributed by atoms with E-state index in [2.05, 4.69) is 5.32 Å². The normalized spacial score (nSPS) is 20.6. The number of amides is 1. The predicted octanol–water partition coefficient (Wildman–Crippen LogP) is 4.43. The van der Waals surface area contributed by atoms with Crippen molar-refractivity contribution in [3.63, 3.8) is 0 Å². The summed E-state index contributed by atoms with van der Waals surface area (Å²) in [5.41, 5.74) is 0.656. The van der Waals surface area contributed by atoms with E-state index in [1.807, 2.05) is 0 Å². The molecule has 0 heterocycles. The molecule has 2 aromatic rings. The van der Waals surface area contributed by atoms with E-state index in [1.165, 1.54) is 0 Å². The molecule has 27 heavy (non-hydrogen) atoms. The Balaban J connectivity index is 1.52. The van der Waals surface area contributed by atoms with Gasteiger partial charge in [0.25, 0.3) is 5.91 Å². The van der Waals surface area contributed by atoms with Crippen molar-refractivity contribution in [2.24, 2.45) is 0 Å². The van der Waals surface area contributed by atoms with Crippen LogP contribution in [0.25, 0.3) is 0 Å². The molecule has 144 valence electrons. The highest BCUT2D eigenvalue weighted by molar-refractivity contribution is 6.30. The fraction of sp³-hybridized carbons (Fsp3) is 0.381. The summed E-state index contributed by atoms with van der Waals surface area (Å²) >= 11 is 5.84. The monoisotopic (exact) mass is 389 g/mol. The zero-order chi connectivity index (χ0) is 19.2. The maximum atomic E-state index is 12.3. The lowest BCUT2D eigenvalue weighted by Crippen LogP contribution is -2.34. The molecule has 0 bridgehead atoms. The number of hydrogen-bond acceptors (Lipinski definition) is 4. The van der Waals surface area contributed by atoms with Crippen LogP contribution in [0.15, 0.2) is 48.5 Å². The summed E-state index contributed by atoms with van der Waals surface area (Å²) in [6.07, 6.45) is 2.53. The number of hydrogen-bond donors (Lipinski definition) is 2. The summed E-state index contributed by atoms with van der Waals surface area (Å²) in [6, 6.07) is 14.0. The smallest absolute Gasteiger partial charge is 0.265 e. The standard InChI is InChI=1S/C21H24ClNO4/c1-14(26-17-10-6-15(22)7-11-17)21(25)23-16-8-12-18(13-9-16)27-20-5-3-2-4-19(20)24/h6-14,19-20,24H,2-5H2,1H3,(H,23,25). The first-order valence-electron chi connectivity index (χ1n) is 9.19. The molecule has 0 spiro atoms. The lowest BCUT2D eigenvalue weighted by Gasteiger charge is -2.28. The summed E-state index contributed by atoms with van der Waals surface area (Å²) in [7, 11) is 0. The highest BCUT2D eigenvalue weighted by Crippen LogP contribution is 2.25. The van der Waals surface area contributed by atoms with Crippen LogP contribution in [0.3, 0.4) is 0 Å². The summed E-state index contributed by atoms with van der Waals surface area (Å²) in [4.78, 5) is 12.3. The number of anilines is 1. The summed E-state index contributed by atoms with van der Waals surface area (Å²) in [5, 5.41) is 13.4. The topological polar surface area (TPSA) is 67.8 Å². The third-order valence-electron chi connectivity index (χ3n) is 4.57. The summed E-state index contributed by atoms with van der Waals surface area (Å²) in [6.45, 7) is 1.69. The number of benzene rings is 2. The number of carbonyl (C=O) groups excluding carboxylic acids is 1. The molecule has 1 aliphatic rings. The molecule has 1 aliphatic carbocycles. The van der Waals surface area contributed by atoms with Crippen LogP contribution >= 0.6 is 11.6 Å². The number of rotatable bonds is 6. The lowest BCUT2D eigenvalue weighted by atomic mass is 9.95.